The fourth-order valence-corrected chi connectivity index (χ4v) is 1.13. The van der Waals surface area contributed by atoms with Crippen LogP contribution in [-0.4, -0.2) is 4.57 Å². The largest absolute Gasteiger partial charge is 0.375 e. The Labute approximate surface area is 74.2 Å². The predicted octanol–water partition coefficient (Wildman–Crippen LogP) is 2.56. The summed E-state index contributed by atoms with van der Waals surface area (Å²) in [4.78, 5) is 0. The van der Waals surface area contributed by atoms with Crippen molar-refractivity contribution in [1.29, 1.82) is 0 Å². The molecule has 1 aromatic carbocycles. The van der Waals surface area contributed by atoms with Gasteiger partial charge in [0, 0.05) is 11.6 Å². The smallest absolute Gasteiger partial charge is 0.0368 e. The van der Waals surface area contributed by atoms with Gasteiger partial charge in [-0.2, -0.15) is 0 Å². The molecule has 2 aromatic rings. The molecule has 0 saturated carbocycles. The van der Waals surface area contributed by atoms with Crippen molar-refractivity contribution >= 4 is 0 Å². The van der Waals surface area contributed by atoms with E-state index in [1.807, 2.05) is 6.07 Å². The van der Waals surface area contributed by atoms with Gasteiger partial charge in [0.05, 0.1) is 0 Å². The van der Waals surface area contributed by atoms with Gasteiger partial charge in [-0.05, 0) is 30.2 Å². The van der Waals surface area contributed by atoms with Crippen LogP contribution in [0.2, 0.25) is 0 Å². The summed E-state index contributed by atoms with van der Waals surface area (Å²) in [6.45, 7) is 0. The summed E-state index contributed by atoms with van der Waals surface area (Å²) in [5.41, 5.74) is 0.298. The second kappa shape index (κ2) is 3.01. The molecular weight excluding hydrogens is 172 g/mol. The maximum atomic E-state index is 13.1. The molecule has 66 valence electrons. The van der Waals surface area contributed by atoms with Crippen molar-refractivity contribution in [3.05, 3.63) is 54.4 Å². The average Bonchev–Trinajstić information content (AvgIpc) is 2.56. The molecule has 0 unspecified atom stereocenters. The standard InChI is InChI=1S/C10H6F2N/c11-8-3-4-10(9(12)7-8)13-5-1-2-6-13/h1-6H/q-1. The maximum absolute atomic E-state index is 13.1. The third kappa shape index (κ3) is 1.45. The fraction of sp³-hybridized carbons (Fsp3) is 0. The molecule has 1 aromatic heterocycles. The molecule has 0 amide bonds. The first kappa shape index (κ1) is 7.98. The summed E-state index contributed by atoms with van der Waals surface area (Å²) in [5, 5.41) is 0. The van der Waals surface area contributed by atoms with Crippen molar-refractivity contribution in [2.75, 3.05) is 0 Å². The quantitative estimate of drug-likeness (QED) is 0.591. The third-order valence-electron chi connectivity index (χ3n) is 1.72. The van der Waals surface area contributed by atoms with Gasteiger partial charge in [-0.1, -0.05) is 0 Å². The van der Waals surface area contributed by atoms with E-state index in [1.54, 1.807) is 29.1 Å². The monoisotopic (exact) mass is 178 g/mol. The first-order valence-electron chi connectivity index (χ1n) is 3.78. The number of hydrogen-bond acceptors (Lipinski definition) is 0. The van der Waals surface area contributed by atoms with Crippen LogP contribution in [0.4, 0.5) is 8.78 Å². The molecule has 1 nitrogen and oxygen atoms in total. The first-order chi connectivity index (χ1) is 6.27. The number of rotatable bonds is 1. The zero-order valence-electron chi connectivity index (χ0n) is 6.67. The highest BCUT2D eigenvalue weighted by molar-refractivity contribution is 5.33. The van der Waals surface area contributed by atoms with E-state index in [2.05, 4.69) is 0 Å². The molecule has 0 bridgehead atoms. The number of aromatic nitrogens is 1. The fourth-order valence-electron chi connectivity index (χ4n) is 1.13. The van der Waals surface area contributed by atoms with Gasteiger partial charge in [0.2, 0.25) is 0 Å². The van der Waals surface area contributed by atoms with Gasteiger partial charge in [0.25, 0.3) is 0 Å². The lowest BCUT2D eigenvalue weighted by Crippen LogP contribution is -1.94. The molecule has 3 heteroatoms. The summed E-state index contributed by atoms with van der Waals surface area (Å²) in [7, 11) is 0. The molecule has 0 aliphatic rings. The molecular formula is C10H6F2N-. The number of nitrogens with zero attached hydrogens (tertiary/aromatic N) is 1. The van der Waals surface area contributed by atoms with Gasteiger partial charge in [-0.25, -0.2) is 8.78 Å². The van der Waals surface area contributed by atoms with Gasteiger partial charge in [0.15, 0.2) is 0 Å². The Morgan fingerprint density at radius 2 is 1.77 bits per heavy atom. The highest BCUT2D eigenvalue weighted by Gasteiger charge is 1.94. The Morgan fingerprint density at radius 3 is 2.38 bits per heavy atom. The van der Waals surface area contributed by atoms with E-state index >= 15 is 0 Å². The summed E-state index contributed by atoms with van der Waals surface area (Å²) >= 11 is 0. The lowest BCUT2D eigenvalue weighted by Gasteiger charge is -2.11. The minimum Gasteiger partial charge on any atom is -0.375 e. The van der Waals surface area contributed by atoms with Crippen LogP contribution in [0.25, 0.3) is 5.69 Å². The van der Waals surface area contributed by atoms with Crippen LogP contribution in [0.1, 0.15) is 0 Å². The van der Waals surface area contributed by atoms with E-state index in [0.29, 0.717) is 5.69 Å². The third-order valence-corrected chi connectivity index (χ3v) is 1.72. The van der Waals surface area contributed by atoms with Crippen LogP contribution in [0.5, 0.6) is 0 Å². The van der Waals surface area contributed by atoms with Crippen molar-refractivity contribution in [3.63, 3.8) is 0 Å². The molecule has 0 atom stereocenters. The van der Waals surface area contributed by atoms with E-state index in [1.165, 1.54) is 12.1 Å². The van der Waals surface area contributed by atoms with Crippen LogP contribution >= 0.6 is 0 Å². The number of halogens is 2. The van der Waals surface area contributed by atoms with E-state index < -0.39 is 11.6 Å². The normalized spacial score (nSPS) is 10.3. The van der Waals surface area contributed by atoms with Gasteiger partial charge in [-0.15, -0.1) is 18.2 Å². The second-order valence-electron chi connectivity index (χ2n) is 2.60. The van der Waals surface area contributed by atoms with Crippen molar-refractivity contribution < 1.29 is 8.78 Å². The lowest BCUT2D eigenvalue weighted by atomic mass is 10.3. The van der Waals surface area contributed by atoms with Gasteiger partial charge in [-0.3, -0.25) is 0 Å². The first-order valence-corrected chi connectivity index (χ1v) is 3.78. The molecule has 0 aliphatic carbocycles. The molecule has 1 heterocycles. The Bertz CT molecular complexity index is 407. The second-order valence-corrected chi connectivity index (χ2v) is 2.60. The van der Waals surface area contributed by atoms with E-state index in [4.69, 9.17) is 0 Å². The van der Waals surface area contributed by atoms with Gasteiger partial charge < -0.3 is 4.57 Å². The number of hydrogen-bond donors (Lipinski definition) is 0. The van der Waals surface area contributed by atoms with Crippen molar-refractivity contribution in [3.8, 4) is 5.69 Å². The van der Waals surface area contributed by atoms with Crippen LogP contribution in [0.3, 0.4) is 0 Å². The Hall–Kier alpha value is -1.64. The van der Waals surface area contributed by atoms with Gasteiger partial charge >= 0.3 is 0 Å². The Morgan fingerprint density at radius 1 is 1.08 bits per heavy atom. The number of benzene rings is 1. The molecule has 0 aliphatic heterocycles. The Kier molecular flexibility index (Phi) is 1.85. The predicted molar refractivity (Wildman–Crippen MR) is 44.5 cm³/mol. The summed E-state index contributed by atoms with van der Waals surface area (Å²) in [5.74, 6) is -1.37. The Balaban J connectivity index is 2.53. The zero-order chi connectivity index (χ0) is 9.26. The van der Waals surface area contributed by atoms with E-state index in [-0.39, 0.29) is 0 Å². The van der Waals surface area contributed by atoms with Crippen molar-refractivity contribution in [2.45, 2.75) is 0 Å². The highest BCUT2D eigenvalue weighted by Crippen LogP contribution is 2.13. The van der Waals surface area contributed by atoms with E-state index in [0.717, 1.165) is 0 Å². The molecule has 2 rings (SSSR count). The molecule has 0 N–H and O–H groups in total. The van der Waals surface area contributed by atoms with Crippen molar-refractivity contribution in [1.82, 2.24) is 4.57 Å². The molecule has 0 fully saturated rings. The van der Waals surface area contributed by atoms with Crippen LogP contribution in [0.15, 0.2) is 36.7 Å². The summed E-state index contributed by atoms with van der Waals surface area (Å²) in [6, 6.07) is 8.06. The van der Waals surface area contributed by atoms with Crippen molar-refractivity contribution in [2.24, 2.45) is 0 Å². The molecule has 0 spiro atoms. The van der Waals surface area contributed by atoms with Crippen LogP contribution in [0, 0.1) is 17.7 Å². The SMILES string of the molecule is Fc1[c-]c(F)c(-n2cccc2)cc1. The molecule has 0 radical (unpaired) electrons. The minimum atomic E-state index is -0.687. The van der Waals surface area contributed by atoms with Gasteiger partial charge in [0.1, 0.15) is 0 Å². The van der Waals surface area contributed by atoms with Crippen LogP contribution in [-0.2, 0) is 0 Å². The molecule has 13 heavy (non-hydrogen) atoms. The maximum Gasteiger partial charge on any atom is 0.0368 e. The van der Waals surface area contributed by atoms with E-state index in [9.17, 15) is 8.78 Å². The van der Waals surface area contributed by atoms with Crippen LogP contribution < -0.4 is 0 Å². The topological polar surface area (TPSA) is 4.93 Å². The summed E-state index contributed by atoms with van der Waals surface area (Å²) in [6.07, 6.45) is 3.37. The average molecular weight is 178 g/mol. The lowest BCUT2D eigenvalue weighted by molar-refractivity contribution is 0.574. The minimum absolute atomic E-state index is 0.298. The summed E-state index contributed by atoms with van der Waals surface area (Å²) < 4.78 is 27.1. The highest BCUT2D eigenvalue weighted by atomic mass is 19.1. The molecule has 0 saturated heterocycles. The zero-order valence-corrected chi connectivity index (χ0v) is 6.67.